The summed E-state index contributed by atoms with van der Waals surface area (Å²) in [6, 6.07) is 12.2. The van der Waals surface area contributed by atoms with Gasteiger partial charge in [0.1, 0.15) is 10.0 Å². The summed E-state index contributed by atoms with van der Waals surface area (Å²) < 4.78 is 28.7. The SMILES string of the molecule is O=C(Nc1cccc(-n2cccn2)c1)C1CCN(S(=O)(=O)c2cccnc2Cl)CC1. The largest absolute Gasteiger partial charge is 0.326 e. The molecule has 0 bridgehead atoms. The van der Waals surface area contributed by atoms with Crippen LogP contribution >= 0.6 is 11.6 Å². The summed E-state index contributed by atoms with van der Waals surface area (Å²) in [5, 5.41) is 7.07. The monoisotopic (exact) mass is 445 g/mol. The zero-order valence-electron chi connectivity index (χ0n) is 16.0. The Morgan fingerprint density at radius 1 is 1.10 bits per heavy atom. The normalized spacial score (nSPS) is 15.8. The van der Waals surface area contributed by atoms with Gasteiger partial charge in [0.2, 0.25) is 15.9 Å². The number of sulfonamides is 1. The third-order valence-corrected chi connectivity index (χ3v) is 7.39. The van der Waals surface area contributed by atoms with Gasteiger partial charge in [-0.25, -0.2) is 18.1 Å². The number of nitrogens with one attached hydrogen (secondary N) is 1. The second kappa shape index (κ2) is 8.55. The Morgan fingerprint density at radius 3 is 2.60 bits per heavy atom. The van der Waals surface area contributed by atoms with Crippen LogP contribution in [0.1, 0.15) is 12.8 Å². The number of amides is 1. The third-order valence-electron chi connectivity index (χ3n) is 5.05. The first-order valence-corrected chi connectivity index (χ1v) is 11.3. The first-order valence-electron chi connectivity index (χ1n) is 9.47. The van der Waals surface area contributed by atoms with Crippen molar-refractivity contribution in [3.05, 3.63) is 66.2 Å². The van der Waals surface area contributed by atoms with Crippen molar-refractivity contribution in [2.75, 3.05) is 18.4 Å². The van der Waals surface area contributed by atoms with E-state index in [1.165, 1.54) is 22.6 Å². The lowest BCUT2D eigenvalue weighted by Gasteiger charge is -2.30. The quantitative estimate of drug-likeness (QED) is 0.609. The van der Waals surface area contributed by atoms with Gasteiger partial charge in [-0.2, -0.15) is 9.40 Å². The van der Waals surface area contributed by atoms with E-state index in [-0.39, 0.29) is 35.0 Å². The lowest BCUT2D eigenvalue weighted by Crippen LogP contribution is -2.41. The van der Waals surface area contributed by atoms with Crippen LogP contribution in [0.5, 0.6) is 0 Å². The molecule has 1 aliphatic rings. The van der Waals surface area contributed by atoms with E-state index < -0.39 is 10.0 Å². The zero-order chi connectivity index (χ0) is 21.1. The molecule has 0 spiro atoms. The number of carbonyl (C=O) groups is 1. The van der Waals surface area contributed by atoms with Crippen molar-refractivity contribution in [3.63, 3.8) is 0 Å². The van der Waals surface area contributed by atoms with Gasteiger partial charge < -0.3 is 5.32 Å². The third kappa shape index (κ3) is 4.23. The van der Waals surface area contributed by atoms with Crippen LogP contribution in [0.2, 0.25) is 5.15 Å². The van der Waals surface area contributed by atoms with E-state index in [1.54, 1.807) is 10.9 Å². The average molecular weight is 446 g/mol. The Labute approximate surface area is 179 Å². The summed E-state index contributed by atoms with van der Waals surface area (Å²) in [7, 11) is -3.73. The number of piperidine rings is 1. The number of hydrogen-bond acceptors (Lipinski definition) is 5. The number of aromatic nitrogens is 3. The van der Waals surface area contributed by atoms with Gasteiger partial charge in [0, 0.05) is 43.3 Å². The fourth-order valence-electron chi connectivity index (χ4n) is 3.45. The molecule has 1 saturated heterocycles. The van der Waals surface area contributed by atoms with Gasteiger partial charge in [0.05, 0.1) is 5.69 Å². The van der Waals surface area contributed by atoms with Crippen molar-refractivity contribution in [2.45, 2.75) is 17.7 Å². The average Bonchev–Trinajstić information content (AvgIpc) is 3.29. The Morgan fingerprint density at radius 2 is 1.90 bits per heavy atom. The molecule has 1 N–H and O–H groups in total. The Kier molecular flexibility index (Phi) is 5.85. The maximum absolute atomic E-state index is 12.8. The zero-order valence-corrected chi connectivity index (χ0v) is 17.6. The molecule has 0 atom stereocenters. The molecule has 0 aliphatic carbocycles. The van der Waals surface area contributed by atoms with Crippen LogP contribution in [-0.2, 0) is 14.8 Å². The summed E-state index contributed by atoms with van der Waals surface area (Å²) >= 11 is 5.96. The van der Waals surface area contributed by atoms with Gasteiger partial charge in [0.15, 0.2) is 0 Å². The lowest BCUT2D eigenvalue weighted by atomic mass is 9.97. The number of anilines is 1. The lowest BCUT2D eigenvalue weighted by molar-refractivity contribution is -0.120. The van der Waals surface area contributed by atoms with Gasteiger partial charge in [-0.3, -0.25) is 4.79 Å². The minimum absolute atomic E-state index is 0.00925. The van der Waals surface area contributed by atoms with Gasteiger partial charge in [-0.1, -0.05) is 17.7 Å². The number of rotatable bonds is 5. The van der Waals surface area contributed by atoms with E-state index in [4.69, 9.17) is 11.6 Å². The summed E-state index contributed by atoms with van der Waals surface area (Å²) in [5.74, 6) is -0.391. The number of hydrogen-bond donors (Lipinski definition) is 1. The number of carbonyl (C=O) groups excluding carboxylic acids is 1. The minimum Gasteiger partial charge on any atom is -0.326 e. The molecule has 1 fully saturated rings. The van der Waals surface area contributed by atoms with Gasteiger partial charge in [-0.05, 0) is 49.2 Å². The second-order valence-corrected chi connectivity index (χ2v) is 9.23. The molecular weight excluding hydrogens is 426 g/mol. The van der Waals surface area contributed by atoms with Crippen molar-refractivity contribution < 1.29 is 13.2 Å². The van der Waals surface area contributed by atoms with Crippen LogP contribution in [0.25, 0.3) is 5.69 Å². The van der Waals surface area contributed by atoms with Gasteiger partial charge in [0.25, 0.3) is 0 Å². The maximum Gasteiger partial charge on any atom is 0.246 e. The molecule has 1 amide bonds. The van der Waals surface area contributed by atoms with Crippen LogP contribution in [0.15, 0.2) is 66.0 Å². The Bertz CT molecular complexity index is 1140. The predicted octanol–water partition coefficient (Wildman–Crippen LogP) is 2.96. The van der Waals surface area contributed by atoms with Crippen LogP contribution in [0, 0.1) is 5.92 Å². The Balaban J connectivity index is 1.39. The summed E-state index contributed by atoms with van der Waals surface area (Å²) in [6.45, 7) is 0.498. The summed E-state index contributed by atoms with van der Waals surface area (Å²) in [4.78, 5) is 16.5. The van der Waals surface area contributed by atoms with E-state index in [0.717, 1.165) is 5.69 Å². The van der Waals surface area contributed by atoms with E-state index in [2.05, 4.69) is 15.4 Å². The topological polar surface area (TPSA) is 97.2 Å². The van der Waals surface area contributed by atoms with E-state index in [9.17, 15) is 13.2 Å². The highest BCUT2D eigenvalue weighted by molar-refractivity contribution is 7.89. The number of benzene rings is 1. The highest BCUT2D eigenvalue weighted by Gasteiger charge is 2.33. The molecule has 0 radical (unpaired) electrons. The molecule has 1 aliphatic heterocycles. The smallest absolute Gasteiger partial charge is 0.246 e. The Hall–Kier alpha value is -2.75. The highest BCUT2D eigenvalue weighted by Crippen LogP contribution is 2.27. The molecule has 8 nitrogen and oxygen atoms in total. The first kappa shape index (κ1) is 20.5. The van der Waals surface area contributed by atoms with Crippen LogP contribution in [0.3, 0.4) is 0 Å². The molecule has 0 saturated carbocycles. The van der Waals surface area contributed by atoms with E-state index >= 15 is 0 Å². The molecule has 3 aromatic rings. The fraction of sp³-hybridized carbons (Fsp3) is 0.250. The van der Waals surface area contributed by atoms with Crippen LogP contribution in [-0.4, -0.2) is 46.5 Å². The molecular formula is C20H20ClN5O3S. The molecule has 2 aromatic heterocycles. The van der Waals surface area contributed by atoms with Gasteiger partial charge >= 0.3 is 0 Å². The molecule has 1 aromatic carbocycles. The number of nitrogens with zero attached hydrogens (tertiary/aromatic N) is 4. The number of pyridine rings is 1. The molecule has 156 valence electrons. The minimum atomic E-state index is -3.73. The molecule has 4 rings (SSSR count). The summed E-state index contributed by atoms with van der Waals surface area (Å²) in [6.07, 6.45) is 5.82. The van der Waals surface area contributed by atoms with Crippen molar-refractivity contribution in [3.8, 4) is 5.69 Å². The molecule has 30 heavy (non-hydrogen) atoms. The second-order valence-electron chi connectivity index (χ2n) is 6.96. The fourth-order valence-corrected chi connectivity index (χ4v) is 5.35. The van der Waals surface area contributed by atoms with Crippen molar-refractivity contribution in [1.29, 1.82) is 0 Å². The molecule has 0 unspecified atom stereocenters. The molecule has 3 heterocycles. The standard InChI is InChI=1S/C20H20ClN5O3S/c21-19-18(6-2-9-22-19)30(28,29)25-12-7-15(8-13-25)20(27)24-16-4-1-5-17(14-16)26-11-3-10-23-26/h1-6,9-11,14-15H,7-8,12-13H2,(H,24,27). The van der Waals surface area contributed by atoms with E-state index in [0.29, 0.717) is 18.5 Å². The molecule has 10 heteroatoms. The van der Waals surface area contributed by atoms with Crippen molar-refractivity contribution in [2.24, 2.45) is 5.92 Å². The van der Waals surface area contributed by atoms with E-state index in [1.807, 2.05) is 36.5 Å². The van der Waals surface area contributed by atoms with Crippen LogP contribution in [0.4, 0.5) is 5.69 Å². The maximum atomic E-state index is 12.8. The van der Waals surface area contributed by atoms with Crippen LogP contribution < -0.4 is 5.32 Å². The number of halogens is 1. The van der Waals surface area contributed by atoms with Crippen molar-refractivity contribution >= 4 is 33.2 Å². The predicted molar refractivity (Wildman–Crippen MR) is 113 cm³/mol. The highest BCUT2D eigenvalue weighted by atomic mass is 35.5. The first-order chi connectivity index (χ1) is 14.4. The summed E-state index contributed by atoms with van der Waals surface area (Å²) in [5.41, 5.74) is 1.51. The van der Waals surface area contributed by atoms with Crippen molar-refractivity contribution in [1.82, 2.24) is 19.1 Å². The van der Waals surface area contributed by atoms with Gasteiger partial charge in [-0.15, -0.1) is 0 Å².